The van der Waals surface area contributed by atoms with Crippen molar-refractivity contribution < 1.29 is 19.4 Å². The summed E-state index contributed by atoms with van der Waals surface area (Å²) in [6.07, 6.45) is 0.883. The molecule has 1 N–H and O–H groups in total. The number of piperidine rings is 1. The smallest absolute Gasteiger partial charge is 0.337 e. The normalized spacial score (nSPS) is 16.2. The van der Waals surface area contributed by atoms with E-state index >= 15 is 0 Å². The van der Waals surface area contributed by atoms with Gasteiger partial charge in [-0.3, -0.25) is 4.98 Å². The van der Waals surface area contributed by atoms with Crippen molar-refractivity contribution in [3.8, 4) is 11.8 Å². The summed E-state index contributed by atoms with van der Waals surface area (Å²) in [7, 11) is 0. The number of aromatic nitrogens is 1. The highest BCUT2D eigenvalue weighted by Crippen LogP contribution is 2.40. The molecule has 1 atom stereocenters. The highest BCUT2D eigenvalue weighted by Gasteiger charge is 2.36. The lowest BCUT2D eigenvalue weighted by molar-refractivity contribution is -0.160. The van der Waals surface area contributed by atoms with Crippen LogP contribution in [0, 0.1) is 31.1 Å². The van der Waals surface area contributed by atoms with Gasteiger partial charge in [-0.2, -0.15) is 0 Å². The lowest BCUT2D eigenvalue weighted by atomic mass is 9.82. The monoisotopic (exact) mass is 492 g/mol. The van der Waals surface area contributed by atoms with Crippen LogP contribution in [0.15, 0.2) is 30.3 Å². The number of anilines is 1. The number of hydrogen-bond donors (Lipinski definition) is 1. The standard InChI is InChI=1S/C30H40N2O4/c1-21-24(14-11-19-35-20-23-12-9-8-10-13-23)26(32-17-15-30(6,7)16-18-32)25(22(2)31-21)27(28(33)34)36-29(3,4)5/h8-10,12-13,27H,15-20H2,1-7H3,(H,33,34). The van der Waals surface area contributed by atoms with Crippen LogP contribution < -0.4 is 4.90 Å². The molecule has 2 heterocycles. The summed E-state index contributed by atoms with van der Waals surface area (Å²) in [5.74, 6) is 5.40. The maximum absolute atomic E-state index is 12.5. The number of aryl methyl sites for hydroxylation is 2. The van der Waals surface area contributed by atoms with E-state index in [2.05, 4.69) is 30.6 Å². The number of aliphatic carboxylic acids is 1. The largest absolute Gasteiger partial charge is 0.479 e. The molecule has 0 aliphatic carbocycles. The van der Waals surface area contributed by atoms with Gasteiger partial charge in [0.15, 0.2) is 6.10 Å². The number of hydrogen-bond acceptors (Lipinski definition) is 5. The van der Waals surface area contributed by atoms with Crippen molar-refractivity contribution in [2.75, 3.05) is 24.6 Å². The van der Waals surface area contributed by atoms with Crippen LogP contribution in [0.5, 0.6) is 0 Å². The Morgan fingerprint density at radius 2 is 1.78 bits per heavy atom. The SMILES string of the molecule is Cc1nc(C)c(C(OC(C)(C)C)C(=O)O)c(N2CCC(C)(C)CC2)c1C#CCOCc1ccccc1. The highest BCUT2D eigenvalue weighted by molar-refractivity contribution is 5.81. The van der Waals surface area contributed by atoms with E-state index in [1.54, 1.807) is 0 Å². The zero-order chi connectivity index (χ0) is 26.5. The summed E-state index contributed by atoms with van der Waals surface area (Å²) < 4.78 is 11.9. The van der Waals surface area contributed by atoms with E-state index in [1.807, 2.05) is 65.0 Å². The number of nitrogens with zero attached hydrogens (tertiary/aromatic N) is 2. The van der Waals surface area contributed by atoms with Crippen molar-refractivity contribution in [2.45, 2.75) is 79.6 Å². The van der Waals surface area contributed by atoms with Gasteiger partial charge in [-0.15, -0.1) is 0 Å². The lowest BCUT2D eigenvalue weighted by Gasteiger charge is -2.40. The minimum atomic E-state index is -1.14. The summed E-state index contributed by atoms with van der Waals surface area (Å²) in [5.41, 5.74) is 4.33. The van der Waals surface area contributed by atoms with Crippen molar-refractivity contribution in [1.82, 2.24) is 4.98 Å². The van der Waals surface area contributed by atoms with Gasteiger partial charge in [0.2, 0.25) is 0 Å². The molecule has 6 heteroatoms. The molecule has 36 heavy (non-hydrogen) atoms. The predicted molar refractivity (Wildman–Crippen MR) is 143 cm³/mol. The summed E-state index contributed by atoms with van der Waals surface area (Å²) >= 11 is 0. The molecule has 0 bridgehead atoms. The number of carboxylic acids is 1. The van der Waals surface area contributed by atoms with Crippen molar-refractivity contribution in [3.63, 3.8) is 0 Å². The maximum atomic E-state index is 12.5. The van der Waals surface area contributed by atoms with Crippen molar-refractivity contribution in [1.29, 1.82) is 0 Å². The average Bonchev–Trinajstić information content (AvgIpc) is 2.78. The maximum Gasteiger partial charge on any atom is 0.337 e. The highest BCUT2D eigenvalue weighted by atomic mass is 16.5. The Labute approximate surface area is 216 Å². The van der Waals surface area contributed by atoms with Gasteiger partial charge in [-0.1, -0.05) is 56.0 Å². The van der Waals surface area contributed by atoms with E-state index < -0.39 is 17.7 Å². The fraction of sp³-hybridized carbons (Fsp3) is 0.533. The van der Waals surface area contributed by atoms with Gasteiger partial charge < -0.3 is 19.5 Å². The van der Waals surface area contributed by atoms with Crippen LogP contribution in [0.1, 0.15) is 81.6 Å². The number of rotatable bonds is 7. The lowest BCUT2D eigenvalue weighted by Crippen LogP contribution is -2.39. The number of pyridine rings is 1. The van der Waals surface area contributed by atoms with Gasteiger partial charge in [0, 0.05) is 24.3 Å². The minimum absolute atomic E-state index is 0.249. The quantitative estimate of drug-likeness (QED) is 0.387. The van der Waals surface area contributed by atoms with Gasteiger partial charge >= 0.3 is 5.97 Å². The molecule has 1 unspecified atom stereocenters. The molecular formula is C30H40N2O4. The number of carbonyl (C=O) groups is 1. The Morgan fingerprint density at radius 3 is 2.36 bits per heavy atom. The minimum Gasteiger partial charge on any atom is -0.479 e. The third-order valence-electron chi connectivity index (χ3n) is 6.47. The Bertz CT molecular complexity index is 1110. The molecule has 1 fully saturated rings. The van der Waals surface area contributed by atoms with E-state index in [1.165, 1.54) is 0 Å². The van der Waals surface area contributed by atoms with Crippen LogP contribution >= 0.6 is 0 Å². The average molecular weight is 493 g/mol. The number of carboxylic acid groups (broad SMARTS) is 1. The molecule has 1 saturated heterocycles. The van der Waals surface area contributed by atoms with E-state index in [0.717, 1.165) is 48.4 Å². The summed E-state index contributed by atoms with van der Waals surface area (Å²) in [6.45, 7) is 16.4. The summed E-state index contributed by atoms with van der Waals surface area (Å²) in [6, 6.07) is 9.98. The zero-order valence-corrected chi connectivity index (χ0v) is 22.8. The first-order valence-corrected chi connectivity index (χ1v) is 12.7. The van der Waals surface area contributed by atoms with Crippen LogP contribution in [0.2, 0.25) is 0 Å². The fourth-order valence-electron chi connectivity index (χ4n) is 4.48. The van der Waals surface area contributed by atoms with Gasteiger partial charge in [-0.05, 0) is 58.4 Å². The van der Waals surface area contributed by atoms with Crippen LogP contribution in [-0.4, -0.2) is 41.4 Å². The molecule has 3 rings (SSSR count). The first-order valence-electron chi connectivity index (χ1n) is 12.7. The molecule has 1 aromatic carbocycles. The molecule has 194 valence electrons. The van der Waals surface area contributed by atoms with Gasteiger partial charge in [0.1, 0.15) is 6.61 Å². The Balaban J connectivity index is 2.02. The molecule has 0 spiro atoms. The molecule has 1 aliphatic rings. The molecule has 0 amide bonds. The van der Waals surface area contributed by atoms with Crippen molar-refractivity contribution >= 4 is 11.7 Å². The first-order chi connectivity index (χ1) is 16.9. The second kappa shape index (κ2) is 11.5. The van der Waals surface area contributed by atoms with Crippen LogP contribution in [0.3, 0.4) is 0 Å². The molecular weight excluding hydrogens is 452 g/mol. The number of ether oxygens (including phenoxy) is 2. The second-order valence-corrected chi connectivity index (χ2v) is 11.3. The van der Waals surface area contributed by atoms with Crippen LogP contribution in [0.4, 0.5) is 5.69 Å². The third kappa shape index (κ3) is 7.32. The van der Waals surface area contributed by atoms with Gasteiger partial charge in [-0.25, -0.2) is 4.79 Å². The Kier molecular flexibility index (Phi) is 8.81. The third-order valence-corrected chi connectivity index (χ3v) is 6.47. The Hall–Kier alpha value is -2.88. The zero-order valence-electron chi connectivity index (χ0n) is 22.8. The molecule has 0 saturated carbocycles. The Morgan fingerprint density at radius 1 is 1.14 bits per heavy atom. The van der Waals surface area contributed by atoms with E-state index in [-0.39, 0.29) is 12.0 Å². The van der Waals surface area contributed by atoms with Crippen molar-refractivity contribution in [2.24, 2.45) is 5.41 Å². The van der Waals surface area contributed by atoms with Gasteiger partial charge in [0.25, 0.3) is 0 Å². The van der Waals surface area contributed by atoms with E-state index in [9.17, 15) is 9.90 Å². The topological polar surface area (TPSA) is 71.9 Å². The fourth-order valence-corrected chi connectivity index (χ4v) is 4.48. The van der Waals surface area contributed by atoms with Crippen LogP contribution in [-0.2, 0) is 20.9 Å². The molecule has 1 aromatic heterocycles. The van der Waals surface area contributed by atoms with Crippen LogP contribution in [0.25, 0.3) is 0 Å². The first kappa shape index (κ1) is 27.7. The van der Waals surface area contributed by atoms with E-state index in [0.29, 0.717) is 17.9 Å². The van der Waals surface area contributed by atoms with Gasteiger partial charge in [0.05, 0.1) is 29.2 Å². The molecule has 0 radical (unpaired) electrons. The summed E-state index contributed by atoms with van der Waals surface area (Å²) in [5, 5.41) is 10.2. The second-order valence-electron chi connectivity index (χ2n) is 11.3. The predicted octanol–water partition coefficient (Wildman–Crippen LogP) is 5.83. The van der Waals surface area contributed by atoms with Crippen molar-refractivity contribution in [3.05, 3.63) is 58.4 Å². The molecule has 6 nitrogen and oxygen atoms in total. The molecule has 1 aliphatic heterocycles. The van der Waals surface area contributed by atoms with E-state index in [4.69, 9.17) is 14.5 Å². The number of benzene rings is 1. The molecule has 2 aromatic rings. The summed E-state index contributed by atoms with van der Waals surface area (Å²) in [4.78, 5) is 19.5.